The SMILES string of the molecule is Cc1cccc(C2(C(=O)N3CCC(C(=O)O)C3C)CCCC2)c1. The molecule has 1 aromatic carbocycles. The summed E-state index contributed by atoms with van der Waals surface area (Å²) in [5.74, 6) is -1.09. The molecular weight excluding hydrogens is 290 g/mol. The van der Waals surface area contributed by atoms with E-state index in [4.69, 9.17) is 0 Å². The number of rotatable bonds is 3. The van der Waals surface area contributed by atoms with Crippen molar-refractivity contribution in [3.63, 3.8) is 0 Å². The summed E-state index contributed by atoms with van der Waals surface area (Å²) in [6, 6.07) is 8.04. The van der Waals surface area contributed by atoms with E-state index in [2.05, 4.69) is 25.1 Å². The molecule has 1 aromatic rings. The second kappa shape index (κ2) is 5.99. The maximum Gasteiger partial charge on any atom is 0.308 e. The van der Waals surface area contributed by atoms with Crippen LogP contribution in [0.1, 0.15) is 50.2 Å². The molecule has 1 aliphatic heterocycles. The number of carbonyl (C=O) groups is 2. The second-order valence-corrected chi connectivity index (χ2v) is 7.13. The van der Waals surface area contributed by atoms with E-state index in [9.17, 15) is 14.7 Å². The molecule has 3 rings (SSSR count). The molecule has 2 fully saturated rings. The summed E-state index contributed by atoms with van der Waals surface area (Å²) in [6.07, 6.45) is 4.42. The Bertz CT molecular complexity index is 619. The monoisotopic (exact) mass is 315 g/mol. The smallest absolute Gasteiger partial charge is 0.308 e. The molecule has 0 bridgehead atoms. The van der Waals surface area contributed by atoms with Crippen LogP contribution in [0, 0.1) is 12.8 Å². The number of amides is 1. The van der Waals surface area contributed by atoms with Gasteiger partial charge in [-0.2, -0.15) is 0 Å². The third-order valence-electron chi connectivity index (χ3n) is 5.77. The quantitative estimate of drug-likeness (QED) is 0.932. The van der Waals surface area contributed by atoms with Gasteiger partial charge >= 0.3 is 5.97 Å². The van der Waals surface area contributed by atoms with Crippen molar-refractivity contribution < 1.29 is 14.7 Å². The molecule has 4 heteroatoms. The summed E-state index contributed by atoms with van der Waals surface area (Å²) in [5.41, 5.74) is 1.82. The Balaban J connectivity index is 1.93. The number of likely N-dealkylation sites (tertiary alicyclic amines) is 1. The van der Waals surface area contributed by atoms with E-state index < -0.39 is 17.3 Å². The predicted octanol–water partition coefficient (Wildman–Crippen LogP) is 3.13. The van der Waals surface area contributed by atoms with Gasteiger partial charge in [-0.3, -0.25) is 9.59 Å². The molecule has 23 heavy (non-hydrogen) atoms. The van der Waals surface area contributed by atoms with E-state index in [-0.39, 0.29) is 11.9 Å². The maximum atomic E-state index is 13.4. The first kappa shape index (κ1) is 16.0. The number of aliphatic carboxylic acids is 1. The first-order valence-corrected chi connectivity index (χ1v) is 8.57. The van der Waals surface area contributed by atoms with Gasteiger partial charge in [0.2, 0.25) is 5.91 Å². The summed E-state index contributed by atoms with van der Waals surface area (Å²) >= 11 is 0. The molecule has 0 spiro atoms. The zero-order valence-electron chi connectivity index (χ0n) is 13.9. The van der Waals surface area contributed by atoms with Gasteiger partial charge in [0.25, 0.3) is 0 Å². The molecule has 1 heterocycles. The van der Waals surface area contributed by atoms with Gasteiger partial charge in [-0.05, 0) is 38.7 Å². The van der Waals surface area contributed by atoms with Crippen LogP contribution in [0.2, 0.25) is 0 Å². The normalized spacial score (nSPS) is 26.4. The van der Waals surface area contributed by atoms with E-state index in [1.165, 1.54) is 5.56 Å². The lowest BCUT2D eigenvalue weighted by molar-refractivity contribution is -0.144. The molecule has 124 valence electrons. The molecule has 0 radical (unpaired) electrons. The van der Waals surface area contributed by atoms with E-state index in [0.717, 1.165) is 31.2 Å². The van der Waals surface area contributed by atoms with Gasteiger partial charge in [0.15, 0.2) is 0 Å². The van der Waals surface area contributed by atoms with Crippen LogP contribution in [0.4, 0.5) is 0 Å². The van der Waals surface area contributed by atoms with Crippen LogP contribution in [0.15, 0.2) is 24.3 Å². The Kier molecular flexibility index (Phi) is 4.17. The van der Waals surface area contributed by atoms with Crippen LogP contribution >= 0.6 is 0 Å². The average molecular weight is 315 g/mol. The van der Waals surface area contributed by atoms with Crippen molar-refractivity contribution in [1.82, 2.24) is 4.90 Å². The number of carboxylic acids is 1. The molecule has 1 amide bonds. The van der Waals surface area contributed by atoms with Gasteiger partial charge in [0.05, 0.1) is 11.3 Å². The van der Waals surface area contributed by atoms with Crippen molar-refractivity contribution in [3.05, 3.63) is 35.4 Å². The second-order valence-electron chi connectivity index (χ2n) is 7.13. The maximum absolute atomic E-state index is 13.4. The van der Waals surface area contributed by atoms with Crippen molar-refractivity contribution in [2.75, 3.05) is 6.54 Å². The number of aryl methyl sites for hydroxylation is 1. The first-order valence-electron chi connectivity index (χ1n) is 8.57. The fourth-order valence-corrected chi connectivity index (χ4v) is 4.38. The molecule has 2 unspecified atom stereocenters. The Morgan fingerprint density at radius 1 is 1.26 bits per heavy atom. The minimum absolute atomic E-state index is 0.136. The standard InChI is InChI=1S/C19H25NO3/c1-13-6-5-7-15(12-13)19(9-3-4-10-19)18(23)20-11-8-16(14(20)2)17(21)22/h5-7,12,14,16H,3-4,8-11H2,1-2H3,(H,21,22). The minimum atomic E-state index is -0.788. The van der Waals surface area contributed by atoms with Crippen molar-refractivity contribution >= 4 is 11.9 Å². The lowest BCUT2D eigenvalue weighted by Crippen LogP contribution is -2.48. The van der Waals surface area contributed by atoms with Gasteiger partial charge in [-0.25, -0.2) is 0 Å². The van der Waals surface area contributed by atoms with Gasteiger partial charge in [0, 0.05) is 12.6 Å². The lowest BCUT2D eigenvalue weighted by atomic mass is 9.77. The van der Waals surface area contributed by atoms with Gasteiger partial charge < -0.3 is 10.0 Å². The fraction of sp³-hybridized carbons (Fsp3) is 0.579. The van der Waals surface area contributed by atoms with E-state index in [0.29, 0.717) is 13.0 Å². The fourth-order valence-electron chi connectivity index (χ4n) is 4.38. The van der Waals surface area contributed by atoms with Crippen LogP contribution in [0.5, 0.6) is 0 Å². The van der Waals surface area contributed by atoms with Crippen molar-refractivity contribution in [1.29, 1.82) is 0 Å². The predicted molar refractivity (Wildman–Crippen MR) is 88.2 cm³/mol. The number of hydrogen-bond acceptors (Lipinski definition) is 2. The number of hydrogen-bond donors (Lipinski definition) is 1. The molecule has 0 aromatic heterocycles. The topological polar surface area (TPSA) is 57.6 Å². The van der Waals surface area contributed by atoms with Gasteiger partial charge in [0.1, 0.15) is 0 Å². The Hall–Kier alpha value is -1.84. The molecule has 2 aliphatic rings. The Morgan fingerprint density at radius 3 is 2.52 bits per heavy atom. The minimum Gasteiger partial charge on any atom is -0.481 e. The summed E-state index contributed by atoms with van der Waals surface area (Å²) < 4.78 is 0. The van der Waals surface area contributed by atoms with Crippen molar-refractivity contribution in [2.45, 2.75) is 57.4 Å². The van der Waals surface area contributed by atoms with Crippen molar-refractivity contribution in [3.8, 4) is 0 Å². The molecule has 1 N–H and O–H groups in total. The van der Waals surface area contributed by atoms with Crippen LogP contribution in [0.3, 0.4) is 0 Å². The van der Waals surface area contributed by atoms with E-state index >= 15 is 0 Å². The van der Waals surface area contributed by atoms with E-state index in [1.807, 2.05) is 17.9 Å². The molecule has 2 atom stereocenters. The summed E-state index contributed by atoms with van der Waals surface area (Å²) in [6.45, 7) is 4.49. The number of carbonyl (C=O) groups excluding carboxylic acids is 1. The third-order valence-corrected chi connectivity index (χ3v) is 5.77. The zero-order chi connectivity index (χ0) is 16.6. The summed E-state index contributed by atoms with van der Waals surface area (Å²) in [4.78, 5) is 26.6. The highest BCUT2D eigenvalue weighted by molar-refractivity contribution is 5.90. The van der Waals surface area contributed by atoms with Gasteiger partial charge in [-0.1, -0.05) is 42.7 Å². The van der Waals surface area contributed by atoms with Crippen LogP contribution in [-0.2, 0) is 15.0 Å². The van der Waals surface area contributed by atoms with Gasteiger partial charge in [-0.15, -0.1) is 0 Å². The molecule has 4 nitrogen and oxygen atoms in total. The van der Waals surface area contributed by atoms with Crippen molar-refractivity contribution in [2.24, 2.45) is 5.92 Å². The highest BCUT2D eigenvalue weighted by Gasteiger charge is 2.49. The van der Waals surface area contributed by atoms with Crippen LogP contribution in [-0.4, -0.2) is 34.5 Å². The first-order chi connectivity index (χ1) is 11.0. The lowest BCUT2D eigenvalue weighted by Gasteiger charge is -2.35. The van der Waals surface area contributed by atoms with Crippen LogP contribution < -0.4 is 0 Å². The number of nitrogens with zero attached hydrogens (tertiary/aromatic N) is 1. The van der Waals surface area contributed by atoms with E-state index in [1.54, 1.807) is 0 Å². The zero-order valence-corrected chi connectivity index (χ0v) is 13.9. The molecule has 1 saturated heterocycles. The molecule has 1 saturated carbocycles. The number of benzene rings is 1. The highest BCUT2D eigenvalue weighted by Crippen LogP contribution is 2.44. The highest BCUT2D eigenvalue weighted by atomic mass is 16.4. The summed E-state index contributed by atoms with van der Waals surface area (Å²) in [5, 5.41) is 9.33. The molecular formula is C19H25NO3. The largest absolute Gasteiger partial charge is 0.481 e. The Morgan fingerprint density at radius 2 is 1.96 bits per heavy atom. The average Bonchev–Trinajstić information content (AvgIpc) is 3.14. The summed E-state index contributed by atoms with van der Waals surface area (Å²) in [7, 11) is 0. The molecule has 1 aliphatic carbocycles. The number of carboxylic acid groups (broad SMARTS) is 1. The van der Waals surface area contributed by atoms with Crippen LogP contribution in [0.25, 0.3) is 0 Å². The Labute approximate surface area is 137 Å². The third kappa shape index (κ3) is 2.64.